The quantitative estimate of drug-likeness (QED) is 0.611. The highest BCUT2D eigenvalue weighted by atomic mass is 32.2. The molecule has 0 saturated heterocycles. The first kappa shape index (κ1) is 15.0. The predicted molar refractivity (Wildman–Crippen MR) is 71.2 cm³/mol. The summed E-state index contributed by atoms with van der Waals surface area (Å²) in [5, 5.41) is 2.92. The van der Waals surface area contributed by atoms with E-state index >= 15 is 0 Å². The number of carbonyl (C=O) groups is 1. The van der Waals surface area contributed by atoms with Crippen LogP contribution in [0.2, 0.25) is 0 Å². The molecule has 5 heteroatoms. The second-order valence-corrected chi connectivity index (χ2v) is 4.86. The van der Waals surface area contributed by atoms with Gasteiger partial charge in [0.2, 0.25) is 0 Å². The number of nitrogens with one attached hydrogen (secondary N) is 1. The van der Waals surface area contributed by atoms with E-state index in [1.165, 1.54) is 23.9 Å². The van der Waals surface area contributed by atoms with Crippen molar-refractivity contribution in [1.29, 1.82) is 0 Å². The number of hydrogen-bond donors (Lipinski definition) is 1. The predicted octanol–water partition coefficient (Wildman–Crippen LogP) is 2.46. The Morgan fingerprint density at radius 3 is 2.94 bits per heavy atom. The molecule has 0 heterocycles. The van der Waals surface area contributed by atoms with Crippen LogP contribution in [0.1, 0.15) is 13.3 Å². The van der Waals surface area contributed by atoms with Crippen LogP contribution in [0.3, 0.4) is 0 Å². The first-order chi connectivity index (χ1) is 8.67. The van der Waals surface area contributed by atoms with Gasteiger partial charge in [-0.2, -0.15) is 0 Å². The lowest BCUT2D eigenvalue weighted by molar-refractivity contribution is -0.145. The topological polar surface area (TPSA) is 38.3 Å². The third-order valence-electron chi connectivity index (χ3n) is 2.39. The zero-order chi connectivity index (χ0) is 13.4. The smallest absolute Gasteiger partial charge is 0.323 e. The van der Waals surface area contributed by atoms with Gasteiger partial charge in [-0.15, -0.1) is 11.8 Å². The highest BCUT2D eigenvalue weighted by molar-refractivity contribution is 7.99. The Labute approximate surface area is 111 Å². The molecule has 1 aromatic carbocycles. The average Bonchev–Trinajstić information content (AvgIpc) is 2.35. The zero-order valence-electron chi connectivity index (χ0n) is 10.6. The van der Waals surface area contributed by atoms with Gasteiger partial charge in [0.15, 0.2) is 0 Å². The minimum atomic E-state index is -0.300. The molecule has 0 aromatic heterocycles. The van der Waals surface area contributed by atoms with Gasteiger partial charge in [0.1, 0.15) is 11.9 Å². The van der Waals surface area contributed by atoms with Crippen molar-refractivity contribution in [3.63, 3.8) is 0 Å². The van der Waals surface area contributed by atoms with Gasteiger partial charge in [-0.3, -0.25) is 4.79 Å². The molecule has 1 unspecified atom stereocenters. The molecule has 1 aromatic rings. The standard InChI is InChI=1S/C13H18FNO2S/c1-3-17-13(16)12(15-2)7-8-18-11-6-4-5-10(14)9-11/h4-6,9,12,15H,3,7-8H2,1-2H3. The molecule has 1 atom stereocenters. The normalized spacial score (nSPS) is 12.2. The molecule has 0 aliphatic carbocycles. The number of carbonyl (C=O) groups excluding carboxylic acids is 1. The minimum Gasteiger partial charge on any atom is -0.465 e. The highest BCUT2D eigenvalue weighted by Gasteiger charge is 2.16. The first-order valence-electron chi connectivity index (χ1n) is 5.89. The van der Waals surface area contributed by atoms with E-state index < -0.39 is 0 Å². The molecule has 0 aliphatic rings. The molecular weight excluding hydrogens is 253 g/mol. The maximum atomic E-state index is 12.9. The number of ether oxygens (including phenoxy) is 1. The zero-order valence-corrected chi connectivity index (χ0v) is 11.4. The lowest BCUT2D eigenvalue weighted by Crippen LogP contribution is -2.36. The maximum absolute atomic E-state index is 12.9. The molecule has 0 spiro atoms. The summed E-state index contributed by atoms with van der Waals surface area (Å²) in [4.78, 5) is 12.4. The maximum Gasteiger partial charge on any atom is 0.323 e. The van der Waals surface area contributed by atoms with Crippen molar-refractivity contribution in [1.82, 2.24) is 5.32 Å². The number of esters is 1. The molecule has 100 valence electrons. The second kappa shape index (κ2) is 8.11. The third kappa shape index (κ3) is 5.06. The summed E-state index contributed by atoms with van der Waals surface area (Å²) < 4.78 is 17.9. The molecule has 0 amide bonds. The van der Waals surface area contributed by atoms with Gasteiger partial charge < -0.3 is 10.1 Å². The molecule has 0 bridgehead atoms. The van der Waals surface area contributed by atoms with Crippen molar-refractivity contribution < 1.29 is 13.9 Å². The summed E-state index contributed by atoms with van der Waals surface area (Å²) >= 11 is 1.53. The van der Waals surface area contributed by atoms with Gasteiger partial charge >= 0.3 is 5.97 Å². The molecule has 0 fully saturated rings. The minimum absolute atomic E-state index is 0.236. The van der Waals surface area contributed by atoms with Crippen molar-refractivity contribution in [3.05, 3.63) is 30.1 Å². The molecule has 1 rings (SSSR count). The SMILES string of the molecule is CCOC(=O)C(CCSc1cccc(F)c1)NC. The Morgan fingerprint density at radius 1 is 1.56 bits per heavy atom. The first-order valence-corrected chi connectivity index (χ1v) is 6.88. The Hall–Kier alpha value is -1.07. The van der Waals surface area contributed by atoms with E-state index in [0.717, 1.165) is 10.6 Å². The summed E-state index contributed by atoms with van der Waals surface area (Å²) in [6.45, 7) is 2.17. The Kier molecular flexibility index (Phi) is 6.75. The Balaban J connectivity index is 2.37. The van der Waals surface area contributed by atoms with E-state index in [9.17, 15) is 9.18 Å². The summed E-state index contributed by atoms with van der Waals surface area (Å²) in [7, 11) is 1.73. The van der Waals surface area contributed by atoms with Crippen LogP contribution < -0.4 is 5.32 Å². The summed E-state index contributed by atoms with van der Waals surface area (Å²) in [5.74, 6) is 0.253. The lowest BCUT2D eigenvalue weighted by atomic mass is 10.2. The summed E-state index contributed by atoms with van der Waals surface area (Å²) in [5.41, 5.74) is 0. The Morgan fingerprint density at radius 2 is 2.33 bits per heavy atom. The van der Waals surface area contributed by atoms with Gasteiger partial charge in [0.25, 0.3) is 0 Å². The highest BCUT2D eigenvalue weighted by Crippen LogP contribution is 2.20. The summed E-state index contributed by atoms with van der Waals surface area (Å²) in [6.07, 6.45) is 0.649. The molecule has 0 saturated carbocycles. The van der Waals surface area contributed by atoms with Crippen molar-refractivity contribution in [2.45, 2.75) is 24.3 Å². The summed E-state index contributed by atoms with van der Waals surface area (Å²) in [6, 6.07) is 6.14. The van der Waals surface area contributed by atoms with Crippen LogP contribution in [0.5, 0.6) is 0 Å². The van der Waals surface area contributed by atoms with Crippen LogP contribution in [0.15, 0.2) is 29.2 Å². The van der Waals surface area contributed by atoms with Crippen molar-refractivity contribution in [2.75, 3.05) is 19.4 Å². The Bertz CT molecular complexity index is 387. The molecule has 1 N–H and O–H groups in total. The van der Waals surface area contributed by atoms with Crippen LogP contribution in [0.4, 0.5) is 4.39 Å². The van der Waals surface area contributed by atoms with Gasteiger partial charge in [-0.05, 0) is 38.6 Å². The number of benzene rings is 1. The van der Waals surface area contributed by atoms with Crippen LogP contribution in [-0.4, -0.2) is 31.4 Å². The van der Waals surface area contributed by atoms with E-state index in [1.807, 2.05) is 6.07 Å². The third-order valence-corrected chi connectivity index (χ3v) is 3.42. The fraction of sp³-hybridized carbons (Fsp3) is 0.462. The molecule has 18 heavy (non-hydrogen) atoms. The monoisotopic (exact) mass is 271 g/mol. The number of halogens is 1. The van der Waals surface area contributed by atoms with Crippen LogP contribution in [0.25, 0.3) is 0 Å². The van der Waals surface area contributed by atoms with E-state index in [4.69, 9.17) is 4.74 Å². The van der Waals surface area contributed by atoms with E-state index in [2.05, 4.69) is 5.32 Å². The van der Waals surface area contributed by atoms with Gasteiger partial charge in [0.05, 0.1) is 6.61 Å². The van der Waals surface area contributed by atoms with Gasteiger partial charge in [-0.25, -0.2) is 4.39 Å². The second-order valence-electron chi connectivity index (χ2n) is 3.69. The van der Waals surface area contributed by atoms with E-state index in [0.29, 0.717) is 13.0 Å². The van der Waals surface area contributed by atoms with Crippen molar-refractivity contribution in [2.24, 2.45) is 0 Å². The van der Waals surface area contributed by atoms with Crippen LogP contribution in [0, 0.1) is 5.82 Å². The number of rotatable bonds is 7. The van der Waals surface area contributed by atoms with Gasteiger partial charge in [0, 0.05) is 10.6 Å². The molecule has 0 aliphatic heterocycles. The largest absolute Gasteiger partial charge is 0.465 e. The average molecular weight is 271 g/mol. The fourth-order valence-electron chi connectivity index (χ4n) is 1.47. The number of hydrogen-bond acceptors (Lipinski definition) is 4. The van der Waals surface area contributed by atoms with Gasteiger partial charge in [-0.1, -0.05) is 6.07 Å². The molecule has 3 nitrogen and oxygen atoms in total. The lowest BCUT2D eigenvalue weighted by Gasteiger charge is -2.14. The van der Waals surface area contributed by atoms with Crippen molar-refractivity contribution in [3.8, 4) is 0 Å². The number of thioether (sulfide) groups is 1. The van der Waals surface area contributed by atoms with E-state index in [-0.39, 0.29) is 17.8 Å². The molecular formula is C13H18FNO2S. The number of likely N-dealkylation sites (N-methyl/N-ethyl adjacent to an activating group) is 1. The fourth-order valence-corrected chi connectivity index (χ4v) is 2.43. The van der Waals surface area contributed by atoms with E-state index in [1.54, 1.807) is 20.0 Å². The van der Waals surface area contributed by atoms with Crippen LogP contribution >= 0.6 is 11.8 Å². The molecule has 0 radical (unpaired) electrons. The van der Waals surface area contributed by atoms with Crippen LogP contribution in [-0.2, 0) is 9.53 Å². The van der Waals surface area contributed by atoms with Crippen molar-refractivity contribution >= 4 is 17.7 Å².